The summed E-state index contributed by atoms with van der Waals surface area (Å²) in [5.74, 6) is -1.15. The van der Waals surface area contributed by atoms with Gasteiger partial charge in [0, 0.05) is 30.1 Å². The minimum atomic E-state index is -0.684. The van der Waals surface area contributed by atoms with Crippen LogP contribution in [0.1, 0.15) is 28.9 Å². The Kier molecular flexibility index (Phi) is 7.39. The van der Waals surface area contributed by atoms with E-state index in [2.05, 4.69) is 39.5 Å². The van der Waals surface area contributed by atoms with Crippen LogP contribution in [0.4, 0.5) is 8.78 Å². The molecule has 166 valence electrons. The topological polar surface area (TPSA) is 45.2 Å². The largest absolute Gasteiger partial charge is 0.350 e. The number of carbonyl (C=O) groups excluding carboxylic acids is 1. The third kappa shape index (κ3) is 5.87. The molecule has 0 unspecified atom stereocenters. The molecule has 0 saturated carbocycles. The van der Waals surface area contributed by atoms with Gasteiger partial charge in [-0.1, -0.05) is 42.5 Å². The quantitative estimate of drug-likeness (QED) is 0.532. The molecule has 1 amide bonds. The number of nitrogens with one attached hydrogen (secondary N) is 1. The fraction of sp³-hybridized carbons (Fsp3) is 0.280. The zero-order valence-corrected chi connectivity index (χ0v) is 18.5. The summed E-state index contributed by atoms with van der Waals surface area (Å²) in [4.78, 5) is 19.1. The number of aromatic nitrogens is 1. The van der Waals surface area contributed by atoms with E-state index >= 15 is 0 Å². The molecule has 0 aliphatic carbocycles. The van der Waals surface area contributed by atoms with E-state index in [1.807, 2.05) is 18.2 Å². The lowest BCUT2D eigenvalue weighted by Gasteiger charge is -2.31. The molecule has 2 heterocycles. The van der Waals surface area contributed by atoms with Gasteiger partial charge in [0.2, 0.25) is 0 Å². The molecule has 1 N–H and O–H groups in total. The van der Waals surface area contributed by atoms with Gasteiger partial charge in [-0.2, -0.15) is 0 Å². The van der Waals surface area contributed by atoms with Gasteiger partial charge in [-0.3, -0.25) is 9.69 Å². The van der Waals surface area contributed by atoms with Crippen molar-refractivity contribution in [1.82, 2.24) is 15.2 Å². The summed E-state index contributed by atoms with van der Waals surface area (Å²) in [7, 11) is 0. The van der Waals surface area contributed by atoms with Gasteiger partial charge in [0.05, 0.1) is 0 Å². The third-order valence-corrected chi connectivity index (χ3v) is 6.51. The molecular formula is C25H25F2N3OS. The number of likely N-dealkylation sites (tertiary alicyclic amines) is 1. The summed E-state index contributed by atoms with van der Waals surface area (Å²) < 4.78 is 27.1. The zero-order chi connectivity index (χ0) is 22.3. The Hall–Kier alpha value is -2.90. The molecule has 32 heavy (non-hydrogen) atoms. The van der Waals surface area contributed by atoms with Crippen LogP contribution in [0.25, 0.3) is 16.6 Å². The number of carbonyl (C=O) groups is 1. The number of piperidine rings is 1. The van der Waals surface area contributed by atoms with Crippen molar-refractivity contribution < 1.29 is 13.6 Å². The molecule has 0 bridgehead atoms. The van der Waals surface area contributed by atoms with Crippen molar-refractivity contribution in [3.8, 4) is 10.6 Å². The molecule has 1 saturated heterocycles. The number of halogens is 2. The summed E-state index contributed by atoms with van der Waals surface area (Å²) in [5, 5.41) is 4.93. The second-order valence-corrected chi connectivity index (χ2v) is 8.79. The highest BCUT2D eigenvalue weighted by Gasteiger charge is 2.20. The lowest BCUT2D eigenvalue weighted by Crippen LogP contribution is -2.38. The summed E-state index contributed by atoms with van der Waals surface area (Å²) in [6.45, 7) is 3.54. The molecule has 2 aromatic carbocycles. The van der Waals surface area contributed by atoms with E-state index < -0.39 is 11.6 Å². The first-order valence-electron chi connectivity index (χ1n) is 10.7. The van der Waals surface area contributed by atoms with Gasteiger partial charge in [-0.15, -0.1) is 11.3 Å². The Morgan fingerprint density at radius 1 is 1.16 bits per heavy atom. The smallest absolute Gasteiger partial charge is 0.270 e. The van der Waals surface area contributed by atoms with Crippen molar-refractivity contribution in [2.45, 2.75) is 12.8 Å². The predicted molar refractivity (Wildman–Crippen MR) is 124 cm³/mol. The minimum Gasteiger partial charge on any atom is -0.350 e. The van der Waals surface area contributed by atoms with Crippen molar-refractivity contribution in [2.75, 3.05) is 26.2 Å². The molecule has 1 aliphatic rings. The van der Waals surface area contributed by atoms with Crippen molar-refractivity contribution in [3.05, 3.63) is 82.9 Å². The monoisotopic (exact) mass is 453 g/mol. The number of thiazole rings is 1. The van der Waals surface area contributed by atoms with Crippen molar-refractivity contribution in [2.24, 2.45) is 5.92 Å². The van der Waals surface area contributed by atoms with E-state index in [-0.39, 0.29) is 17.2 Å². The summed E-state index contributed by atoms with van der Waals surface area (Å²) in [6, 6.07) is 13.6. The average Bonchev–Trinajstić information content (AvgIpc) is 3.29. The second-order valence-electron chi connectivity index (χ2n) is 7.93. The first-order valence-corrected chi connectivity index (χ1v) is 11.6. The molecule has 4 nitrogen and oxygen atoms in total. The number of benzene rings is 2. The van der Waals surface area contributed by atoms with Crippen LogP contribution >= 0.6 is 11.3 Å². The van der Waals surface area contributed by atoms with E-state index in [1.165, 1.54) is 29.0 Å². The van der Waals surface area contributed by atoms with Crippen LogP contribution in [0.15, 0.2) is 60.0 Å². The molecule has 0 spiro atoms. The van der Waals surface area contributed by atoms with Crippen LogP contribution in [0.5, 0.6) is 0 Å². The molecule has 3 aromatic rings. The van der Waals surface area contributed by atoms with Gasteiger partial charge < -0.3 is 5.32 Å². The van der Waals surface area contributed by atoms with Crippen molar-refractivity contribution in [3.63, 3.8) is 0 Å². The third-order valence-electron chi connectivity index (χ3n) is 5.63. The lowest BCUT2D eigenvalue weighted by molar-refractivity contribution is 0.0933. The SMILES string of the molecule is O=C(NCC1CCN(C/C=C/c2ccccc2)CC1)c1csc(-c2ccc(F)cc2F)n1. The number of nitrogens with zero attached hydrogens (tertiary/aromatic N) is 2. The Bertz CT molecular complexity index is 1080. The van der Waals surface area contributed by atoms with Gasteiger partial charge in [-0.05, 0) is 49.5 Å². The van der Waals surface area contributed by atoms with E-state index in [1.54, 1.807) is 5.38 Å². The molecule has 1 fully saturated rings. The fourth-order valence-corrected chi connectivity index (χ4v) is 4.59. The first-order chi connectivity index (χ1) is 15.6. The van der Waals surface area contributed by atoms with Gasteiger partial charge in [0.25, 0.3) is 5.91 Å². The van der Waals surface area contributed by atoms with Gasteiger partial charge >= 0.3 is 0 Å². The Labute approximate surface area is 190 Å². The fourth-order valence-electron chi connectivity index (χ4n) is 3.77. The maximum atomic E-state index is 14.0. The van der Waals surface area contributed by atoms with Gasteiger partial charge in [0.1, 0.15) is 22.3 Å². The lowest BCUT2D eigenvalue weighted by atomic mass is 9.96. The molecule has 7 heteroatoms. The average molecular weight is 454 g/mol. The van der Waals surface area contributed by atoms with Crippen molar-refractivity contribution in [1.29, 1.82) is 0 Å². The Morgan fingerprint density at radius 3 is 2.69 bits per heavy atom. The highest BCUT2D eigenvalue weighted by Crippen LogP contribution is 2.27. The molecule has 1 aromatic heterocycles. The van der Waals surface area contributed by atoms with Gasteiger partial charge in [-0.25, -0.2) is 13.8 Å². The normalized spacial score (nSPS) is 15.3. The highest BCUT2D eigenvalue weighted by molar-refractivity contribution is 7.13. The number of hydrogen-bond acceptors (Lipinski definition) is 4. The summed E-state index contributed by atoms with van der Waals surface area (Å²) in [5.41, 5.74) is 1.67. The molecule has 0 radical (unpaired) electrons. The molecular weight excluding hydrogens is 428 g/mol. The van der Waals surface area contributed by atoms with E-state index in [9.17, 15) is 13.6 Å². The van der Waals surface area contributed by atoms with Crippen LogP contribution in [0, 0.1) is 17.6 Å². The van der Waals surface area contributed by atoms with Crippen LogP contribution in [0.2, 0.25) is 0 Å². The van der Waals surface area contributed by atoms with Crippen LogP contribution in [0.3, 0.4) is 0 Å². The minimum absolute atomic E-state index is 0.198. The predicted octanol–water partition coefficient (Wildman–Crippen LogP) is 5.24. The van der Waals surface area contributed by atoms with Crippen LogP contribution in [-0.2, 0) is 0 Å². The van der Waals surface area contributed by atoms with E-state index in [0.717, 1.165) is 38.5 Å². The van der Waals surface area contributed by atoms with Crippen LogP contribution < -0.4 is 5.32 Å². The number of rotatable bonds is 7. The van der Waals surface area contributed by atoms with Crippen molar-refractivity contribution >= 4 is 23.3 Å². The second kappa shape index (κ2) is 10.6. The molecule has 0 atom stereocenters. The summed E-state index contributed by atoms with van der Waals surface area (Å²) in [6.07, 6.45) is 6.40. The first kappa shape index (κ1) is 22.3. The Morgan fingerprint density at radius 2 is 1.94 bits per heavy atom. The number of hydrogen-bond donors (Lipinski definition) is 1. The zero-order valence-electron chi connectivity index (χ0n) is 17.6. The van der Waals surface area contributed by atoms with E-state index in [4.69, 9.17) is 0 Å². The van der Waals surface area contributed by atoms with Gasteiger partial charge in [0.15, 0.2) is 0 Å². The molecule has 1 aliphatic heterocycles. The highest BCUT2D eigenvalue weighted by atomic mass is 32.1. The molecule has 4 rings (SSSR count). The maximum Gasteiger partial charge on any atom is 0.270 e. The number of amides is 1. The maximum absolute atomic E-state index is 14.0. The van der Waals surface area contributed by atoms with E-state index in [0.29, 0.717) is 17.5 Å². The summed E-state index contributed by atoms with van der Waals surface area (Å²) >= 11 is 1.17. The Balaban J connectivity index is 1.22. The van der Waals surface area contributed by atoms with Crippen LogP contribution in [-0.4, -0.2) is 42.0 Å². The standard InChI is InChI=1S/C25H25F2N3OS/c26-20-8-9-21(22(27)15-20)25-29-23(17-32-25)24(31)28-16-19-10-13-30(14-11-19)12-4-7-18-5-2-1-3-6-18/h1-9,15,17,19H,10-14,16H2,(H,28,31)/b7-4+.